The first-order valence-corrected chi connectivity index (χ1v) is 6.80. The fraction of sp³-hybridized carbons (Fsp3) is 0.692. The second-order valence-electron chi connectivity index (χ2n) is 5.30. The van der Waals surface area contributed by atoms with Gasteiger partial charge in [-0.25, -0.2) is 4.79 Å². The van der Waals surface area contributed by atoms with Crippen molar-refractivity contribution in [2.75, 3.05) is 26.7 Å². The van der Waals surface area contributed by atoms with Crippen LogP contribution in [0.4, 0.5) is 4.79 Å². The highest BCUT2D eigenvalue weighted by atomic mass is 16.4. The minimum absolute atomic E-state index is 0.0210. The minimum atomic E-state index is -0.919. The van der Waals surface area contributed by atoms with Crippen LogP contribution < -0.4 is 0 Å². The molecule has 0 aliphatic carbocycles. The maximum absolute atomic E-state index is 12.2. The Bertz CT molecular complexity index is 449. The van der Waals surface area contributed by atoms with Gasteiger partial charge in [0.05, 0.1) is 0 Å². The zero-order valence-electron chi connectivity index (χ0n) is 12.5. The molecule has 0 bridgehead atoms. The van der Waals surface area contributed by atoms with E-state index in [1.807, 2.05) is 0 Å². The minimum Gasteiger partial charge on any atom is -0.481 e. The molecule has 21 heavy (non-hydrogen) atoms. The lowest BCUT2D eigenvalue weighted by molar-refractivity contribution is -0.139. The molecule has 1 aliphatic rings. The van der Waals surface area contributed by atoms with Gasteiger partial charge in [0.1, 0.15) is 13.1 Å². The van der Waals surface area contributed by atoms with E-state index in [1.165, 1.54) is 16.8 Å². The largest absolute Gasteiger partial charge is 0.481 e. The number of carboxylic acid groups (broad SMARTS) is 1. The summed E-state index contributed by atoms with van der Waals surface area (Å²) in [7, 11) is 1.50. The molecule has 0 saturated carbocycles. The van der Waals surface area contributed by atoms with Crippen molar-refractivity contribution >= 4 is 23.8 Å². The summed E-state index contributed by atoms with van der Waals surface area (Å²) < 4.78 is 0. The molecule has 0 spiro atoms. The average Bonchev–Trinajstić information content (AvgIpc) is 2.60. The number of hydrogen-bond donors (Lipinski definition) is 1. The number of nitrogens with zero attached hydrogens (tertiary/aromatic N) is 3. The molecule has 1 heterocycles. The Morgan fingerprint density at radius 3 is 2.38 bits per heavy atom. The Morgan fingerprint density at radius 1 is 1.33 bits per heavy atom. The molecule has 1 N–H and O–H groups in total. The van der Waals surface area contributed by atoms with Gasteiger partial charge >= 0.3 is 12.0 Å². The molecule has 1 fully saturated rings. The van der Waals surface area contributed by atoms with Crippen LogP contribution in [-0.4, -0.2) is 76.3 Å². The summed E-state index contributed by atoms with van der Waals surface area (Å²) >= 11 is 0. The standard InChI is InChI=1S/C13H21N3O5/c1-9(2)15(6-4-5-12(19)20)11(18)8-16-10(17)7-14(3)13(16)21/h9H,4-8H2,1-3H3,(H,19,20). The van der Waals surface area contributed by atoms with Crippen LogP contribution in [0.15, 0.2) is 0 Å². The predicted molar refractivity (Wildman–Crippen MR) is 73.5 cm³/mol. The quantitative estimate of drug-likeness (QED) is 0.666. The number of carboxylic acids is 1. The van der Waals surface area contributed by atoms with Gasteiger partial charge in [0.15, 0.2) is 0 Å². The Labute approximate surface area is 123 Å². The summed E-state index contributed by atoms with van der Waals surface area (Å²) in [6, 6.07) is -0.612. The highest BCUT2D eigenvalue weighted by Gasteiger charge is 2.35. The van der Waals surface area contributed by atoms with Crippen molar-refractivity contribution in [3.8, 4) is 0 Å². The van der Waals surface area contributed by atoms with Gasteiger partial charge in [-0.15, -0.1) is 0 Å². The van der Waals surface area contributed by atoms with Gasteiger partial charge in [-0.2, -0.15) is 0 Å². The van der Waals surface area contributed by atoms with Crippen LogP contribution in [0.3, 0.4) is 0 Å². The van der Waals surface area contributed by atoms with Crippen molar-refractivity contribution < 1.29 is 24.3 Å². The second-order valence-corrected chi connectivity index (χ2v) is 5.30. The van der Waals surface area contributed by atoms with Crippen LogP contribution in [0.1, 0.15) is 26.7 Å². The molecule has 0 radical (unpaired) electrons. The highest BCUT2D eigenvalue weighted by Crippen LogP contribution is 2.10. The Hall–Kier alpha value is -2.12. The first kappa shape index (κ1) is 16.9. The lowest BCUT2D eigenvalue weighted by atomic mass is 10.2. The number of imide groups is 1. The maximum Gasteiger partial charge on any atom is 0.327 e. The summed E-state index contributed by atoms with van der Waals surface area (Å²) in [6.45, 7) is 3.58. The first-order valence-electron chi connectivity index (χ1n) is 6.80. The zero-order chi connectivity index (χ0) is 16.2. The smallest absolute Gasteiger partial charge is 0.327 e. The molecule has 4 amide bonds. The number of amides is 4. The van der Waals surface area contributed by atoms with Crippen molar-refractivity contribution in [3.05, 3.63) is 0 Å². The molecule has 8 heteroatoms. The molecule has 0 unspecified atom stereocenters. The SMILES string of the molecule is CC(C)N(CCCC(=O)O)C(=O)CN1C(=O)CN(C)C1=O. The van der Waals surface area contributed by atoms with Crippen LogP contribution >= 0.6 is 0 Å². The third-order valence-corrected chi connectivity index (χ3v) is 3.26. The molecule has 8 nitrogen and oxygen atoms in total. The van der Waals surface area contributed by atoms with E-state index in [0.29, 0.717) is 6.42 Å². The Balaban J connectivity index is 2.63. The van der Waals surface area contributed by atoms with Gasteiger partial charge < -0.3 is 14.9 Å². The van der Waals surface area contributed by atoms with Crippen LogP contribution in [0.5, 0.6) is 0 Å². The molecule has 1 saturated heterocycles. The third-order valence-electron chi connectivity index (χ3n) is 3.26. The van der Waals surface area contributed by atoms with Crippen LogP contribution in [0, 0.1) is 0 Å². The van der Waals surface area contributed by atoms with E-state index in [4.69, 9.17) is 5.11 Å². The monoisotopic (exact) mass is 299 g/mol. The molecule has 1 aliphatic heterocycles. The molecule has 0 aromatic carbocycles. The van der Waals surface area contributed by atoms with E-state index in [1.54, 1.807) is 13.8 Å². The van der Waals surface area contributed by atoms with E-state index in [9.17, 15) is 19.2 Å². The molecule has 0 aromatic rings. The summed E-state index contributed by atoms with van der Waals surface area (Å²) in [6.07, 6.45) is 0.307. The summed E-state index contributed by atoms with van der Waals surface area (Å²) in [5, 5.41) is 8.63. The number of carbonyl (C=O) groups excluding carboxylic acids is 3. The van der Waals surface area contributed by atoms with E-state index in [2.05, 4.69) is 0 Å². The number of aliphatic carboxylic acids is 1. The topological polar surface area (TPSA) is 98.2 Å². The van der Waals surface area contributed by atoms with Gasteiger partial charge in [0, 0.05) is 26.1 Å². The number of likely N-dealkylation sites (N-methyl/N-ethyl adjacent to an activating group) is 1. The Morgan fingerprint density at radius 2 is 1.95 bits per heavy atom. The predicted octanol–water partition coefficient (Wildman–Crippen LogP) is -0.0178. The van der Waals surface area contributed by atoms with Crippen LogP contribution in [-0.2, 0) is 14.4 Å². The van der Waals surface area contributed by atoms with Crippen molar-refractivity contribution in [1.29, 1.82) is 0 Å². The number of rotatable bonds is 7. The van der Waals surface area contributed by atoms with Gasteiger partial charge in [0.2, 0.25) is 5.91 Å². The molecule has 1 rings (SSSR count). The summed E-state index contributed by atoms with van der Waals surface area (Å²) in [4.78, 5) is 49.8. The van der Waals surface area contributed by atoms with E-state index in [-0.39, 0.29) is 38.0 Å². The fourth-order valence-electron chi connectivity index (χ4n) is 2.12. The average molecular weight is 299 g/mol. The Kier molecular flexibility index (Phi) is 5.69. The summed E-state index contributed by atoms with van der Waals surface area (Å²) in [5.74, 6) is -1.67. The highest BCUT2D eigenvalue weighted by molar-refractivity contribution is 6.04. The van der Waals surface area contributed by atoms with E-state index >= 15 is 0 Å². The van der Waals surface area contributed by atoms with Gasteiger partial charge in [-0.3, -0.25) is 19.3 Å². The van der Waals surface area contributed by atoms with Gasteiger partial charge in [-0.05, 0) is 20.3 Å². The second kappa shape index (κ2) is 7.05. The number of carbonyl (C=O) groups is 4. The summed E-state index contributed by atoms with van der Waals surface area (Å²) in [5.41, 5.74) is 0. The third kappa shape index (κ3) is 4.44. The van der Waals surface area contributed by atoms with E-state index < -0.39 is 17.9 Å². The van der Waals surface area contributed by atoms with Crippen molar-refractivity contribution in [1.82, 2.24) is 14.7 Å². The molecule has 0 aromatic heterocycles. The normalized spacial score (nSPS) is 15.0. The van der Waals surface area contributed by atoms with Crippen LogP contribution in [0.25, 0.3) is 0 Å². The lowest BCUT2D eigenvalue weighted by Crippen LogP contribution is -2.46. The molecule has 118 valence electrons. The van der Waals surface area contributed by atoms with Crippen LogP contribution in [0.2, 0.25) is 0 Å². The van der Waals surface area contributed by atoms with Crippen molar-refractivity contribution in [2.45, 2.75) is 32.7 Å². The van der Waals surface area contributed by atoms with Crippen molar-refractivity contribution in [3.63, 3.8) is 0 Å². The molecular formula is C13H21N3O5. The zero-order valence-corrected chi connectivity index (χ0v) is 12.5. The van der Waals surface area contributed by atoms with Gasteiger partial charge in [0.25, 0.3) is 5.91 Å². The van der Waals surface area contributed by atoms with E-state index in [0.717, 1.165) is 4.90 Å². The number of hydrogen-bond acceptors (Lipinski definition) is 4. The van der Waals surface area contributed by atoms with Gasteiger partial charge in [-0.1, -0.05) is 0 Å². The number of urea groups is 1. The fourth-order valence-corrected chi connectivity index (χ4v) is 2.12. The molecular weight excluding hydrogens is 278 g/mol. The van der Waals surface area contributed by atoms with Crippen molar-refractivity contribution in [2.24, 2.45) is 0 Å². The molecule has 0 atom stereocenters. The lowest BCUT2D eigenvalue weighted by Gasteiger charge is -2.28. The maximum atomic E-state index is 12.2. The first-order chi connectivity index (χ1) is 9.73.